The summed E-state index contributed by atoms with van der Waals surface area (Å²) in [5, 5.41) is 0. The fourth-order valence-corrected chi connectivity index (χ4v) is 4.60. The van der Waals surface area contributed by atoms with E-state index in [-0.39, 0.29) is 0 Å². The summed E-state index contributed by atoms with van der Waals surface area (Å²) in [6.45, 7) is 1.47. The van der Waals surface area contributed by atoms with Crippen LogP contribution in [0.3, 0.4) is 0 Å². The first-order chi connectivity index (χ1) is 13.3. The van der Waals surface area contributed by atoms with Gasteiger partial charge in [0.1, 0.15) is 0 Å². The minimum absolute atomic E-state index is 0.361. The molecule has 1 aliphatic heterocycles. The highest BCUT2D eigenvalue weighted by molar-refractivity contribution is 7.90. The Morgan fingerprint density at radius 2 is 1.86 bits per heavy atom. The van der Waals surface area contributed by atoms with Crippen molar-refractivity contribution in [2.45, 2.75) is 24.4 Å². The van der Waals surface area contributed by atoms with E-state index in [2.05, 4.69) is 27.8 Å². The summed E-state index contributed by atoms with van der Waals surface area (Å²) in [4.78, 5) is 2.58. The van der Waals surface area contributed by atoms with Gasteiger partial charge in [0.25, 0.3) is 0 Å². The van der Waals surface area contributed by atoms with Crippen LogP contribution in [0.15, 0.2) is 59.6 Å². The van der Waals surface area contributed by atoms with Crippen LogP contribution in [-0.2, 0) is 30.0 Å². The Morgan fingerprint density at radius 3 is 2.57 bits per heavy atom. The molecule has 0 saturated carbocycles. The SMILES string of the molecule is Cn1c(-c2ccccc2)cn(CN2CCCc3ccc(S(C)(=O)=O)cc32)c1=S. The number of imidazole rings is 1. The van der Waals surface area contributed by atoms with Gasteiger partial charge in [0, 0.05) is 31.7 Å². The average molecular weight is 414 g/mol. The summed E-state index contributed by atoms with van der Waals surface area (Å²) < 4.78 is 28.8. The number of nitrogens with zero attached hydrogens (tertiary/aromatic N) is 3. The maximum absolute atomic E-state index is 12.0. The van der Waals surface area contributed by atoms with Gasteiger partial charge >= 0.3 is 0 Å². The van der Waals surface area contributed by atoms with Crippen molar-refractivity contribution in [2.75, 3.05) is 17.7 Å². The second kappa shape index (κ2) is 7.22. The van der Waals surface area contributed by atoms with Gasteiger partial charge in [-0.1, -0.05) is 36.4 Å². The first-order valence-electron chi connectivity index (χ1n) is 9.24. The van der Waals surface area contributed by atoms with Crippen LogP contribution < -0.4 is 4.90 Å². The lowest BCUT2D eigenvalue weighted by atomic mass is 10.0. The first kappa shape index (κ1) is 19.0. The lowest BCUT2D eigenvalue weighted by molar-refractivity contribution is 0.584. The number of aryl methyl sites for hydroxylation is 1. The van der Waals surface area contributed by atoms with E-state index in [1.54, 1.807) is 12.1 Å². The van der Waals surface area contributed by atoms with Crippen LogP contribution in [0.1, 0.15) is 12.0 Å². The van der Waals surface area contributed by atoms with Crippen molar-refractivity contribution in [2.24, 2.45) is 7.05 Å². The normalized spacial score (nSPS) is 14.1. The highest BCUT2D eigenvalue weighted by Gasteiger charge is 2.20. The van der Waals surface area contributed by atoms with Gasteiger partial charge in [0.05, 0.1) is 17.3 Å². The standard InChI is InChI=1S/C21H23N3O2S2/c1-22-20(16-7-4-3-5-8-16)14-24(21(22)27)15-23-12-6-9-17-10-11-18(13-19(17)23)28(2,25)26/h3-5,7-8,10-11,13-14H,6,9,12,15H2,1-2H3. The van der Waals surface area contributed by atoms with Crippen LogP contribution in [-0.4, -0.2) is 30.4 Å². The van der Waals surface area contributed by atoms with Crippen LogP contribution in [0.5, 0.6) is 0 Å². The molecule has 7 heteroatoms. The number of sulfone groups is 1. The molecule has 0 saturated heterocycles. The molecule has 1 aromatic heterocycles. The maximum Gasteiger partial charge on any atom is 0.181 e. The van der Waals surface area contributed by atoms with Crippen molar-refractivity contribution in [3.8, 4) is 11.3 Å². The van der Waals surface area contributed by atoms with Crippen molar-refractivity contribution < 1.29 is 8.42 Å². The Morgan fingerprint density at radius 1 is 1.11 bits per heavy atom. The van der Waals surface area contributed by atoms with Gasteiger partial charge < -0.3 is 14.0 Å². The van der Waals surface area contributed by atoms with Crippen molar-refractivity contribution in [3.05, 3.63) is 65.1 Å². The summed E-state index contributed by atoms with van der Waals surface area (Å²) in [6, 6.07) is 15.6. The number of anilines is 1. The fraction of sp³-hybridized carbons (Fsp3) is 0.286. The summed E-state index contributed by atoms with van der Waals surface area (Å²) in [5.41, 5.74) is 4.35. The molecular formula is C21H23N3O2S2. The lowest BCUT2D eigenvalue weighted by Crippen LogP contribution is -2.31. The third-order valence-corrected chi connectivity index (χ3v) is 6.88. The van der Waals surface area contributed by atoms with Gasteiger partial charge in [-0.2, -0.15) is 0 Å². The third-order valence-electron chi connectivity index (χ3n) is 5.26. The largest absolute Gasteiger partial charge is 0.353 e. The van der Waals surface area contributed by atoms with E-state index in [1.807, 2.05) is 35.9 Å². The molecule has 1 aliphatic rings. The second-order valence-corrected chi connectivity index (χ2v) is 9.64. The van der Waals surface area contributed by atoms with Crippen molar-refractivity contribution in [1.82, 2.24) is 9.13 Å². The minimum atomic E-state index is -3.24. The molecule has 0 atom stereocenters. The summed E-state index contributed by atoms with van der Waals surface area (Å²) >= 11 is 5.67. The summed E-state index contributed by atoms with van der Waals surface area (Å²) in [7, 11) is -1.26. The van der Waals surface area contributed by atoms with Gasteiger partial charge in [-0.05, 0) is 48.3 Å². The van der Waals surface area contributed by atoms with Crippen molar-refractivity contribution in [3.63, 3.8) is 0 Å². The van der Waals surface area contributed by atoms with E-state index in [0.29, 0.717) is 11.6 Å². The number of fused-ring (bicyclic) bond motifs is 1. The number of hydrogen-bond donors (Lipinski definition) is 0. The first-order valence-corrected chi connectivity index (χ1v) is 11.5. The Labute approximate surface area is 170 Å². The van der Waals surface area contributed by atoms with E-state index in [4.69, 9.17) is 12.2 Å². The number of benzene rings is 2. The highest BCUT2D eigenvalue weighted by atomic mass is 32.2. The van der Waals surface area contributed by atoms with Crippen LogP contribution in [0.25, 0.3) is 11.3 Å². The Kier molecular flexibility index (Phi) is 4.89. The predicted octanol–water partition coefficient (Wildman–Crippen LogP) is 4.04. The van der Waals surface area contributed by atoms with E-state index >= 15 is 0 Å². The average Bonchev–Trinajstić information content (AvgIpc) is 2.96. The zero-order chi connectivity index (χ0) is 19.9. The Bertz CT molecular complexity index is 1180. The molecule has 146 valence electrons. The molecule has 0 amide bonds. The number of aromatic nitrogens is 2. The molecule has 5 nitrogen and oxygen atoms in total. The molecule has 2 heterocycles. The molecule has 4 rings (SSSR count). The van der Waals surface area contributed by atoms with Crippen LogP contribution in [0.4, 0.5) is 5.69 Å². The summed E-state index contributed by atoms with van der Waals surface area (Å²) in [6.07, 6.45) is 5.33. The molecule has 28 heavy (non-hydrogen) atoms. The van der Waals surface area contributed by atoms with E-state index in [0.717, 1.165) is 41.1 Å². The summed E-state index contributed by atoms with van der Waals surface area (Å²) in [5.74, 6) is 0. The van der Waals surface area contributed by atoms with Gasteiger partial charge in [0.15, 0.2) is 14.6 Å². The quantitative estimate of drug-likeness (QED) is 0.606. The molecule has 0 fully saturated rings. The van der Waals surface area contributed by atoms with Gasteiger partial charge in [-0.25, -0.2) is 8.42 Å². The second-order valence-electron chi connectivity index (χ2n) is 7.26. The molecular weight excluding hydrogens is 390 g/mol. The Hall–Kier alpha value is -2.38. The van der Waals surface area contributed by atoms with E-state index in [9.17, 15) is 8.42 Å². The molecule has 3 aromatic rings. The third kappa shape index (κ3) is 3.52. The molecule has 0 spiro atoms. The smallest absolute Gasteiger partial charge is 0.181 e. The zero-order valence-electron chi connectivity index (χ0n) is 16.0. The predicted molar refractivity (Wildman–Crippen MR) is 115 cm³/mol. The van der Waals surface area contributed by atoms with Gasteiger partial charge in [-0.15, -0.1) is 0 Å². The van der Waals surface area contributed by atoms with E-state index in [1.165, 1.54) is 11.8 Å². The molecule has 0 radical (unpaired) electrons. The maximum atomic E-state index is 12.0. The van der Waals surface area contributed by atoms with Gasteiger partial charge in [0.2, 0.25) is 0 Å². The van der Waals surface area contributed by atoms with Gasteiger partial charge in [-0.3, -0.25) is 0 Å². The molecule has 0 N–H and O–H groups in total. The number of hydrogen-bond acceptors (Lipinski definition) is 4. The van der Waals surface area contributed by atoms with Crippen molar-refractivity contribution in [1.29, 1.82) is 0 Å². The molecule has 0 bridgehead atoms. The topological polar surface area (TPSA) is 47.2 Å². The molecule has 2 aromatic carbocycles. The minimum Gasteiger partial charge on any atom is -0.353 e. The fourth-order valence-electron chi connectivity index (χ4n) is 3.76. The van der Waals surface area contributed by atoms with E-state index < -0.39 is 9.84 Å². The molecule has 0 aliphatic carbocycles. The monoisotopic (exact) mass is 413 g/mol. The van der Waals surface area contributed by atoms with Crippen LogP contribution in [0.2, 0.25) is 0 Å². The highest BCUT2D eigenvalue weighted by Crippen LogP contribution is 2.31. The van der Waals surface area contributed by atoms with Crippen molar-refractivity contribution >= 4 is 27.7 Å². The Balaban J connectivity index is 1.71. The molecule has 0 unspecified atom stereocenters. The van der Waals surface area contributed by atoms with Crippen LogP contribution in [0, 0.1) is 4.77 Å². The lowest BCUT2D eigenvalue weighted by Gasteiger charge is -2.31. The zero-order valence-corrected chi connectivity index (χ0v) is 17.6. The number of rotatable bonds is 4. The van der Waals surface area contributed by atoms with Crippen LogP contribution >= 0.6 is 12.2 Å².